The highest BCUT2D eigenvalue weighted by Gasteiger charge is 2.10. The van der Waals surface area contributed by atoms with Gasteiger partial charge in [-0.3, -0.25) is 0 Å². The summed E-state index contributed by atoms with van der Waals surface area (Å²) in [5, 5.41) is 3.40. The highest BCUT2D eigenvalue weighted by atomic mass is 14.9. The SMILES string of the molecule is CC1C=C(C(C)C)CNC1. The molecule has 0 saturated heterocycles. The molecular weight excluding hydrogens is 122 g/mol. The minimum Gasteiger partial charge on any atom is -0.312 e. The molecule has 10 heavy (non-hydrogen) atoms. The third-order valence-corrected chi connectivity index (χ3v) is 2.04. The molecular formula is C9H17N. The first kappa shape index (κ1) is 7.80. The molecule has 1 N–H and O–H groups in total. The van der Waals surface area contributed by atoms with Crippen LogP contribution in [-0.4, -0.2) is 13.1 Å². The van der Waals surface area contributed by atoms with Crippen molar-refractivity contribution in [1.29, 1.82) is 0 Å². The Balaban J connectivity index is 2.57. The lowest BCUT2D eigenvalue weighted by atomic mass is 9.95. The van der Waals surface area contributed by atoms with E-state index in [4.69, 9.17) is 0 Å². The molecule has 0 amide bonds. The number of hydrogen-bond acceptors (Lipinski definition) is 1. The van der Waals surface area contributed by atoms with E-state index in [2.05, 4.69) is 32.2 Å². The quantitative estimate of drug-likeness (QED) is 0.546. The van der Waals surface area contributed by atoms with Gasteiger partial charge in [-0.05, 0) is 11.8 Å². The zero-order chi connectivity index (χ0) is 7.56. The normalized spacial score (nSPS) is 26.8. The average Bonchev–Trinajstić information content (AvgIpc) is 1.88. The van der Waals surface area contributed by atoms with Crippen LogP contribution in [0.3, 0.4) is 0 Å². The van der Waals surface area contributed by atoms with E-state index in [0.29, 0.717) is 0 Å². The lowest BCUT2D eigenvalue weighted by Gasteiger charge is -2.21. The summed E-state index contributed by atoms with van der Waals surface area (Å²) in [5.74, 6) is 1.45. The summed E-state index contributed by atoms with van der Waals surface area (Å²) in [6.45, 7) is 9.02. The fourth-order valence-corrected chi connectivity index (χ4v) is 1.32. The van der Waals surface area contributed by atoms with E-state index in [1.165, 1.54) is 0 Å². The van der Waals surface area contributed by atoms with Crippen LogP contribution in [0, 0.1) is 11.8 Å². The van der Waals surface area contributed by atoms with Crippen molar-refractivity contribution in [3.8, 4) is 0 Å². The first-order chi connectivity index (χ1) is 4.70. The van der Waals surface area contributed by atoms with Crippen molar-refractivity contribution < 1.29 is 0 Å². The van der Waals surface area contributed by atoms with Crippen molar-refractivity contribution in [1.82, 2.24) is 5.32 Å². The molecule has 1 heteroatoms. The Morgan fingerprint density at radius 2 is 2.30 bits per heavy atom. The zero-order valence-electron chi connectivity index (χ0n) is 7.15. The van der Waals surface area contributed by atoms with Crippen molar-refractivity contribution in [2.75, 3.05) is 13.1 Å². The molecule has 1 rings (SSSR count). The van der Waals surface area contributed by atoms with Gasteiger partial charge in [0, 0.05) is 13.1 Å². The average molecular weight is 139 g/mol. The van der Waals surface area contributed by atoms with Gasteiger partial charge in [-0.15, -0.1) is 0 Å². The van der Waals surface area contributed by atoms with Gasteiger partial charge in [-0.1, -0.05) is 32.4 Å². The van der Waals surface area contributed by atoms with E-state index in [-0.39, 0.29) is 0 Å². The monoisotopic (exact) mass is 139 g/mol. The maximum Gasteiger partial charge on any atom is 0.0167 e. The van der Waals surface area contributed by atoms with Gasteiger partial charge in [0.25, 0.3) is 0 Å². The highest BCUT2D eigenvalue weighted by molar-refractivity contribution is 5.11. The summed E-state index contributed by atoms with van der Waals surface area (Å²) in [5.41, 5.74) is 1.57. The second-order valence-corrected chi connectivity index (χ2v) is 3.50. The summed E-state index contributed by atoms with van der Waals surface area (Å²) in [6, 6.07) is 0. The zero-order valence-corrected chi connectivity index (χ0v) is 7.15. The molecule has 0 fully saturated rings. The molecule has 1 heterocycles. The number of hydrogen-bond donors (Lipinski definition) is 1. The Morgan fingerprint density at radius 3 is 2.70 bits per heavy atom. The standard InChI is InChI=1S/C9H17N/c1-7(2)9-4-8(3)5-10-6-9/h4,7-8,10H,5-6H2,1-3H3. The largest absolute Gasteiger partial charge is 0.312 e. The molecule has 0 aliphatic carbocycles. The van der Waals surface area contributed by atoms with Crippen LogP contribution < -0.4 is 5.32 Å². The number of nitrogens with one attached hydrogen (secondary N) is 1. The van der Waals surface area contributed by atoms with Gasteiger partial charge < -0.3 is 5.32 Å². The predicted octanol–water partition coefficient (Wildman–Crippen LogP) is 1.81. The molecule has 1 aliphatic heterocycles. The van der Waals surface area contributed by atoms with Crippen molar-refractivity contribution >= 4 is 0 Å². The van der Waals surface area contributed by atoms with Crippen LogP contribution in [0.25, 0.3) is 0 Å². The lowest BCUT2D eigenvalue weighted by molar-refractivity contribution is 0.547. The molecule has 0 aromatic rings. The van der Waals surface area contributed by atoms with E-state index < -0.39 is 0 Å². The van der Waals surface area contributed by atoms with Crippen LogP contribution in [0.1, 0.15) is 20.8 Å². The molecule has 0 bridgehead atoms. The summed E-state index contributed by atoms with van der Waals surface area (Å²) in [7, 11) is 0. The molecule has 0 spiro atoms. The van der Waals surface area contributed by atoms with E-state index in [0.717, 1.165) is 24.9 Å². The van der Waals surface area contributed by atoms with Gasteiger partial charge in [0.1, 0.15) is 0 Å². The summed E-state index contributed by atoms with van der Waals surface area (Å²) >= 11 is 0. The highest BCUT2D eigenvalue weighted by Crippen LogP contribution is 2.14. The van der Waals surface area contributed by atoms with Crippen LogP contribution in [-0.2, 0) is 0 Å². The first-order valence-electron chi connectivity index (χ1n) is 4.11. The Bertz CT molecular complexity index is 136. The van der Waals surface area contributed by atoms with Crippen molar-refractivity contribution in [2.45, 2.75) is 20.8 Å². The third kappa shape index (κ3) is 1.84. The van der Waals surface area contributed by atoms with Crippen LogP contribution in [0.2, 0.25) is 0 Å². The van der Waals surface area contributed by atoms with Gasteiger partial charge in [0.2, 0.25) is 0 Å². The first-order valence-corrected chi connectivity index (χ1v) is 4.11. The third-order valence-electron chi connectivity index (χ3n) is 2.04. The predicted molar refractivity (Wildman–Crippen MR) is 45.0 cm³/mol. The van der Waals surface area contributed by atoms with Gasteiger partial charge in [-0.2, -0.15) is 0 Å². The smallest absolute Gasteiger partial charge is 0.0167 e. The molecule has 1 aliphatic rings. The molecule has 58 valence electrons. The Morgan fingerprint density at radius 1 is 1.60 bits per heavy atom. The van der Waals surface area contributed by atoms with E-state index in [9.17, 15) is 0 Å². The Kier molecular flexibility index (Phi) is 2.50. The molecule has 1 nitrogen and oxygen atoms in total. The van der Waals surface area contributed by atoms with E-state index in [1.807, 2.05) is 0 Å². The molecule has 1 atom stereocenters. The fourth-order valence-electron chi connectivity index (χ4n) is 1.32. The minimum absolute atomic E-state index is 0.718. The van der Waals surface area contributed by atoms with Crippen LogP contribution in [0.4, 0.5) is 0 Å². The molecule has 0 radical (unpaired) electrons. The van der Waals surface area contributed by atoms with Crippen molar-refractivity contribution in [2.24, 2.45) is 11.8 Å². The van der Waals surface area contributed by atoms with E-state index in [1.54, 1.807) is 5.57 Å². The van der Waals surface area contributed by atoms with Crippen molar-refractivity contribution in [3.05, 3.63) is 11.6 Å². The molecule has 1 unspecified atom stereocenters. The Labute approximate surface area is 63.5 Å². The minimum atomic E-state index is 0.718. The lowest BCUT2D eigenvalue weighted by Crippen LogP contribution is -2.29. The number of rotatable bonds is 1. The van der Waals surface area contributed by atoms with Crippen LogP contribution >= 0.6 is 0 Å². The van der Waals surface area contributed by atoms with Crippen molar-refractivity contribution in [3.63, 3.8) is 0 Å². The topological polar surface area (TPSA) is 12.0 Å². The van der Waals surface area contributed by atoms with Crippen LogP contribution in [0.15, 0.2) is 11.6 Å². The van der Waals surface area contributed by atoms with Gasteiger partial charge in [-0.25, -0.2) is 0 Å². The molecule has 0 aromatic carbocycles. The summed E-state index contributed by atoms with van der Waals surface area (Å²) < 4.78 is 0. The second kappa shape index (κ2) is 3.20. The second-order valence-electron chi connectivity index (χ2n) is 3.50. The van der Waals surface area contributed by atoms with Gasteiger partial charge in [0.15, 0.2) is 0 Å². The maximum atomic E-state index is 3.40. The Hall–Kier alpha value is -0.300. The summed E-state index contributed by atoms with van der Waals surface area (Å²) in [4.78, 5) is 0. The molecule has 0 aromatic heterocycles. The van der Waals surface area contributed by atoms with Gasteiger partial charge in [0.05, 0.1) is 0 Å². The maximum absolute atomic E-state index is 3.40. The molecule has 0 saturated carbocycles. The van der Waals surface area contributed by atoms with Crippen LogP contribution in [0.5, 0.6) is 0 Å². The van der Waals surface area contributed by atoms with Gasteiger partial charge >= 0.3 is 0 Å². The fraction of sp³-hybridized carbons (Fsp3) is 0.778. The summed E-state index contributed by atoms with van der Waals surface area (Å²) in [6.07, 6.45) is 2.40. The van der Waals surface area contributed by atoms with E-state index >= 15 is 0 Å².